The van der Waals surface area contributed by atoms with Gasteiger partial charge in [0, 0.05) is 36.6 Å². The Morgan fingerprint density at radius 3 is 2.76 bits per heavy atom. The molecule has 5 rings (SSSR count). The number of nitrogens with one attached hydrogen (secondary N) is 1. The maximum atomic E-state index is 13.9. The van der Waals surface area contributed by atoms with E-state index in [-0.39, 0.29) is 37.4 Å². The lowest BCUT2D eigenvalue weighted by Gasteiger charge is -2.46. The molecule has 1 spiro atoms. The van der Waals surface area contributed by atoms with Crippen molar-refractivity contribution >= 4 is 44.5 Å². The minimum atomic E-state index is -3.11. The van der Waals surface area contributed by atoms with Crippen molar-refractivity contribution < 1.29 is 22.7 Å². The second-order valence-electron chi connectivity index (χ2n) is 10.1. The fourth-order valence-corrected chi connectivity index (χ4v) is 6.11. The molecule has 2 aromatic rings. The molecule has 12 heteroatoms. The number of fused-ring (bicyclic) bond motifs is 2. The molecule has 3 aliphatic rings. The lowest BCUT2D eigenvalue weighted by molar-refractivity contribution is -0.143. The third-order valence-electron chi connectivity index (χ3n) is 6.95. The van der Waals surface area contributed by atoms with Gasteiger partial charge in [0.15, 0.2) is 0 Å². The number of hydrogen-bond acceptors (Lipinski definition) is 7. The molecule has 4 heterocycles. The summed E-state index contributed by atoms with van der Waals surface area (Å²) < 4.78 is 30.7. The summed E-state index contributed by atoms with van der Waals surface area (Å²) in [5, 5.41) is 3.74. The van der Waals surface area contributed by atoms with Crippen LogP contribution in [0.3, 0.4) is 0 Å². The van der Waals surface area contributed by atoms with E-state index in [1.165, 1.54) is 6.26 Å². The quantitative estimate of drug-likeness (QED) is 0.567. The number of allylic oxidation sites excluding steroid dienone is 1. The van der Waals surface area contributed by atoms with Crippen LogP contribution < -0.4 is 5.32 Å². The minimum Gasteiger partial charge on any atom is -0.447 e. The zero-order valence-corrected chi connectivity index (χ0v) is 22.6. The monoisotopic (exact) mass is 547 g/mol. The van der Waals surface area contributed by atoms with Gasteiger partial charge < -0.3 is 24.4 Å². The van der Waals surface area contributed by atoms with Crippen molar-refractivity contribution in [2.24, 2.45) is 5.41 Å². The molecule has 0 bridgehead atoms. The minimum absolute atomic E-state index is 0.0534. The first-order valence-electron chi connectivity index (χ1n) is 12.2. The van der Waals surface area contributed by atoms with Gasteiger partial charge in [-0.3, -0.25) is 4.79 Å². The molecule has 2 amide bonds. The van der Waals surface area contributed by atoms with Gasteiger partial charge in [-0.25, -0.2) is 18.2 Å². The summed E-state index contributed by atoms with van der Waals surface area (Å²) >= 11 is 6.20. The van der Waals surface area contributed by atoms with E-state index in [0.717, 1.165) is 16.8 Å². The average molecular weight is 548 g/mol. The summed E-state index contributed by atoms with van der Waals surface area (Å²) in [4.78, 5) is 34.4. The highest BCUT2D eigenvalue weighted by Gasteiger charge is 2.60. The van der Waals surface area contributed by atoms with E-state index in [0.29, 0.717) is 35.9 Å². The van der Waals surface area contributed by atoms with Gasteiger partial charge in [-0.1, -0.05) is 11.6 Å². The maximum absolute atomic E-state index is 13.9. The fraction of sp³-hybridized carbons (Fsp3) is 0.480. The van der Waals surface area contributed by atoms with E-state index in [1.54, 1.807) is 35.8 Å². The molecule has 37 heavy (non-hydrogen) atoms. The Labute approximate surface area is 220 Å². The normalized spacial score (nSPS) is 18.6. The highest BCUT2D eigenvalue weighted by molar-refractivity contribution is 7.90. The molecule has 3 aliphatic heterocycles. The van der Waals surface area contributed by atoms with Crippen molar-refractivity contribution in [3.05, 3.63) is 52.6 Å². The van der Waals surface area contributed by atoms with E-state index in [1.807, 2.05) is 22.9 Å². The summed E-state index contributed by atoms with van der Waals surface area (Å²) in [6, 6.07) is 5.40. The van der Waals surface area contributed by atoms with E-state index in [4.69, 9.17) is 21.3 Å². The summed E-state index contributed by atoms with van der Waals surface area (Å²) in [5.74, 6) is 0.623. The van der Waals surface area contributed by atoms with Crippen molar-refractivity contribution in [1.82, 2.24) is 24.7 Å². The third-order valence-corrected chi connectivity index (χ3v) is 8.21. The molecular weight excluding hydrogens is 518 g/mol. The highest BCUT2D eigenvalue weighted by atomic mass is 35.5. The van der Waals surface area contributed by atoms with Crippen molar-refractivity contribution in [3.63, 3.8) is 0 Å². The third kappa shape index (κ3) is 4.70. The van der Waals surface area contributed by atoms with Gasteiger partial charge in [0.25, 0.3) is 0 Å². The van der Waals surface area contributed by atoms with Crippen LogP contribution in [0.25, 0.3) is 11.0 Å². The number of rotatable bonds is 7. The summed E-state index contributed by atoms with van der Waals surface area (Å²) in [6.45, 7) is 5.25. The number of imidazole rings is 1. The number of likely N-dealkylation sites (tertiary alicyclic amines) is 1. The molecule has 0 saturated carbocycles. The van der Waals surface area contributed by atoms with Gasteiger partial charge in [-0.05, 0) is 56.3 Å². The average Bonchev–Trinajstić information content (AvgIpc) is 3.23. The number of sulfone groups is 1. The summed E-state index contributed by atoms with van der Waals surface area (Å²) in [5.41, 5.74) is 2.48. The van der Waals surface area contributed by atoms with Gasteiger partial charge in [-0.15, -0.1) is 0 Å². The van der Waals surface area contributed by atoms with Crippen LogP contribution in [0.2, 0.25) is 5.02 Å². The van der Waals surface area contributed by atoms with Crippen molar-refractivity contribution in [2.45, 2.75) is 39.5 Å². The lowest BCUT2D eigenvalue weighted by Crippen LogP contribution is -2.63. The molecule has 1 saturated heterocycles. The van der Waals surface area contributed by atoms with E-state index < -0.39 is 21.3 Å². The molecule has 0 radical (unpaired) electrons. The molecule has 1 fully saturated rings. The predicted molar refractivity (Wildman–Crippen MR) is 139 cm³/mol. The largest absolute Gasteiger partial charge is 0.447 e. The van der Waals surface area contributed by atoms with Crippen molar-refractivity contribution in [2.75, 3.05) is 31.6 Å². The second kappa shape index (κ2) is 9.36. The number of aromatic nitrogens is 2. The fourth-order valence-electron chi connectivity index (χ4n) is 5.29. The number of carbonyl (C=O) groups is 2. The van der Waals surface area contributed by atoms with Crippen LogP contribution >= 0.6 is 11.6 Å². The number of benzene rings is 1. The number of amides is 2. The summed E-state index contributed by atoms with van der Waals surface area (Å²) in [6.07, 6.45) is 4.72. The van der Waals surface area contributed by atoms with Crippen LogP contribution in [0.5, 0.6) is 0 Å². The van der Waals surface area contributed by atoms with E-state index >= 15 is 0 Å². The van der Waals surface area contributed by atoms with Crippen molar-refractivity contribution in [3.8, 4) is 0 Å². The number of ether oxygens (including phenoxy) is 1. The zero-order chi connectivity index (χ0) is 26.5. The number of nitrogens with zero attached hydrogens (tertiary/aromatic N) is 4. The standard InChI is InChI=1S/C25H30ClN5O5S/c1-16(2)36-24(33)29-14-25(15-29)18-7-8-27-12-21(18)31(23(25)32)13-22-28-19-11-17(26)5-6-20(19)30(22)9-4-10-37(3,34)35/h5-8,11,16,27H,4,9-10,12-15H2,1-3H3. The number of halogens is 1. The van der Waals surface area contributed by atoms with Gasteiger partial charge in [0.1, 0.15) is 21.1 Å². The van der Waals surface area contributed by atoms with E-state index in [2.05, 4.69) is 5.32 Å². The first kappa shape index (κ1) is 25.6. The number of hydrogen-bond donors (Lipinski definition) is 1. The smallest absolute Gasteiger partial charge is 0.410 e. The van der Waals surface area contributed by atoms with Crippen LogP contribution in [-0.2, 0) is 32.5 Å². The highest BCUT2D eigenvalue weighted by Crippen LogP contribution is 2.49. The molecule has 1 N–H and O–H groups in total. The maximum Gasteiger partial charge on any atom is 0.410 e. The Hall–Kier alpha value is -3.05. The second-order valence-corrected chi connectivity index (χ2v) is 12.8. The van der Waals surface area contributed by atoms with Crippen molar-refractivity contribution in [1.29, 1.82) is 0 Å². The van der Waals surface area contributed by atoms with Crippen LogP contribution in [-0.4, -0.2) is 77.5 Å². The Kier molecular flexibility index (Phi) is 6.47. The Bertz CT molecular complexity index is 1440. The molecule has 10 nitrogen and oxygen atoms in total. The Morgan fingerprint density at radius 1 is 1.30 bits per heavy atom. The SMILES string of the molecule is CC(C)OC(=O)N1CC2(C1)C(=O)N(Cc1nc3cc(Cl)ccc3n1CCCS(C)(=O)=O)C1=C2C=CNC1. The zero-order valence-electron chi connectivity index (χ0n) is 21.0. The molecule has 1 aromatic heterocycles. The van der Waals surface area contributed by atoms with Gasteiger partial charge in [-0.2, -0.15) is 0 Å². The summed E-state index contributed by atoms with van der Waals surface area (Å²) in [7, 11) is -3.11. The topological polar surface area (TPSA) is 114 Å². The first-order valence-corrected chi connectivity index (χ1v) is 14.7. The van der Waals surface area contributed by atoms with Crippen LogP contribution in [0, 0.1) is 5.41 Å². The predicted octanol–water partition coefficient (Wildman–Crippen LogP) is 2.68. The van der Waals surface area contributed by atoms with E-state index in [9.17, 15) is 18.0 Å². The van der Waals surface area contributed by atoms with Gasteiger partial charge in [0.2, 0.25) is 5.91 Å². The molecule has 198 valence electrons. The Morgan fingerprint density at radius 2 is 2.05 bits per heavy atom. The lowest BCUT2D eigenvalue weighted by atomic mass is 9.73. The first-order chi connectivity index (χ1) is 17.5. The molecule has 0 atom stereocenters. The number of carbonyl (C=O) groups excluding carboxylic acids is 2. The number of dihydropyridines is 1. The Balaban J connectivity index is 1.45. The molecule has 0 aliphatic carbocycles. The van der Waals surface area contributed by atoms with Crippen LogP contribution in [0.4, 0.5) is 4.79 Å². The van der Waals surface area contributed by atoms with Gasteiger partial charge >= 0.3 is 6.09 Å². The number of aryl methyl sites for hydroxylation is 1. The molecule has 0 unspecified atom stereocenters. The van der Waals surface area contributed by atoms with Crippen LogP contribution in [0.1, 0.15) is 26.1 Å². The molecular formula is C25H30ClN5O5S. The van der Waals surface area contributed by atoms with Gasteiger partial charge in [0.05, 0.1) is 36.0 Å². The molecule has 1 aromatic carbocycles. The van der Waals surface area contributed by atoms with Crippen LogP contribution in [0.15, 0.2) is 41.7 Å².